The van der Waals surface area contributed by atoms with Crippen LogP contribution in [0.4, 0.5) is 5.69 Å². The Bertz CT molecular complexity index is 1260. The van der Waals surface area contributed by atoms with Crippen molar-refractivity contribution in [3.05, 3.63) is 102 Å². The summed E-state index contributed by atoms with van der Waals surface area (Å²) in [4.78, 5) is 15.6. The van der Waals surface area contributed by atoms with Crippen LogP contribution >= 0.6 is 0 Å². The van der Waals surface area contributed by atoms with Crippen LogP contribution in [0, 0.1) is 0 Å². The molecular weight excluding hydrogens is 398 g/mol. The maximum atomic E-state index is 13.7. The summed E-state index contributed by atoms with van der Waals surface area (Å²) in [5.41, 5.74) is 4.27. The number of carbonyl (C=O) groups excluding carboxylic acids is 1. The molecule has 0 N–H and O–H groups in total. The summed E-state index contributed by atoms with van der Waals surface area (Å²) >= 11 is 0. The van der Waals surface area contributed by atoms with Crippen LogP contribution in [0.25, 0.3) is 10.8 Å². The van der Waals surface area contributed by atoms with Gasteiger partial charge in [0.25, 0.3) is 0 Å². The molecule has 1 unspecified atom stereocenters. The van der Waals surface area contributed by atoms with Gasteiger partial charge in [-0.25, -0.2) is 0 Å². The quantitative estimate of drug-likeness (QED) is 0.400. The fourth-order valence-corrected chi connectivity index (χ4v) is 4.69. The Morgan fingerprint density at radius 2 is 1.53 bits per heavy atom. The van der Waals surface area contributed by atoms with Crippen LogP contribution < -0.4 is 14.4 Å². The lowest BCUT2D eigenvalue weighted by molar-refractivity contribution is -0.118. The number of methoxy groups -OCH3 is 2. The molecular formula is C28H25NO3. The molecule has 4 aromatic carbocycles. The molecule has 1 aliphatic rings. The van der Waals surface area contributed by atoms with Crippen molar-refractivity contribution in [3.63, 3.8) is 0 Å². The summed E-state index contributed by atoms with van der Waals surface area (Å²) in [6.45, 7) is 0.446. The maximum absolute atomic E-state index is 13.7. The normalized spacial score (nSPS) is 15.5. The van der Waals surface area contributed by atoms with Crippen molar-refractivity contribution >= 4 is 22.4 Å². The van der Waals surface area contributed by atoms with E-state index in [0.717, 1.165) is 27.6 Å². The summed E-state index contributed by atoms with van der Waals surface area (Å²) in [6, 6.07) is 28.6. The molecule has 0 bridgehead atoms. The van der Waals surface area contributed by atoms with E-state index in [0.29, 0.717) is 24.5 Å². The zero-order valence-electron chi connectivity index (χ0n) is 18.2. The van der Waals surface area contributed by atoms with E-state index in [1.54, 1.807) is 14.2 Å². The molecule has 1 aliphatic heterocycles. The summed E-state index contributed by atoms with van der Waals surface area (Å²) in [5, 5.41) is 2.29. The SMILES string of the molecule is COc1cc(CN2C(=O)CC(c3ccccc3)c3cccc4cccc2c34)cc(OC)c1. The average molecular weight is 424 g/mol. The molecule has 160 valence electrons. The van der Waals surface area contributed by atoms with Crippen LogP contribution in [0.1, 0.15) is 29.0 Å². The minimum atomic E-state index is 0.0124. The molecule has 4 aromatic rings. The highest BCUT2D eigenvalue weighted by Crippen LogP contribution is 2.42. The van der Waals surface area contributed by atoms with E-state index < -0.39 is 0 Å². The predicted molar refractivity (Wildman–Crippen MR) is 128 cm³/mol. The lowest BCUT2D eigenvalue weighted by atomic mass is 9.86. The summed E-state index contributed by atoms with van der Waals surface area (Å²) < 4.78 is 10.9. The van der Waals surface area contributed by atoms with Gasteiger partial charge in [0.15, 0.2) is 0 Å². The first kappa shape index (κ1) is 20.1. The summed E-state index contributed by atoms with van der Waals surface area (Å²) in [6.07, 6.45) is 0.416. The van der Waals surface area contributed by atoms with Crippen molar-refractivity contribution in [3.8, 4) is 11.5 Å². The van der Waals surface area contributed by atoms with Crippen molar-refractivity contribution in [1.29, 1.82) is 0 Å². The lowest BCUT2D eigenvalue weighted by Crippen LogP contribution is -2.30. The van der Waals surface area contributed by atoms with E-state index in [1.165, 1.54) is 5.56 Å². The van der Waals surface area contributed by atoms with Crippen molar-refractivity contribution in [2.45, 2.75) is 18.9 Å². The van der Waals surface area contributed by atoms with Gasteiger partial charge in [0.1, 0.15) is 11.5 Å². The lowest BCUT2D eigenvalue weighted by Gasteiger charge is -2.23. The topological polar surface area (TPSA) is 38.8 Å². The number of hydrogen-bond acceptors (Lipinski definition) is 3. The first-order valence-corrected chi connectivity index (χ1v) is 10.8. The Balaban J connectivity index is 1.66. The predicted octanol–water partition coefficient (Wildman–Crippen LogP) is 5.93. The fourth-order valence-electron chi connectivity index (χ4n) is 4.69. The van der Waals surface area contributed by atoms with E-state index in [2.05, 4.69) is 42.5 Å². The zero-order chi connectivity index (χ0) is 22.1. The molecule has 0 radical (unpaired) electrons. The molecule has 0 saturated heterocycles. The van der Waals surface area contributed by atoms with Crippen LogP contribution in [-0.2, 0) is 11.3 Å². The number of amides is 1. The van der Waals surface area contributed by atoms with E-state index in [1.807, 2.05) is 47.4 Å². The van der Waals surface area contributed by atoms with Gasteiger partial charge in [0, 0.05) is 23.8 Å². The molecule has 32 heavy (non-hydrogen) atoms. The molecule has 0 spiro atoms. The number of ether oxygens (including phenoxy) is 2. The number of nitrogens with zero attached hydrogens (tertiary/aromatic N) is 1. The van der Waals surface area contributed by atoms with Crippen LogP contribution in [0.3, 0.4) is 0 Å². The van der Waals surface area contributed by atoms with E-state index in [4.69, 9.17) is 9.47 Å². The van der Waals surface area contributed by atoms with Crippen LogP contribution in [0.2, 0.25) is 0 Å². The van der Waals surface area contributed by atoms with Crippen molar-refractivity contribution in [2.75, 3.05) is 19.1 Å². The van der Waals surface area contributed by atoms with Crippen molar-refractivity contribution in [2.24, 2.45) is 0 Å². The highest BCUT2D eigenvalue weighted by molar-refractivity contribution is 6.07. The highest BCUT2D eigenvalue weighted by atomic mass is 16.5. The van der Waals surface area contributed by atoms with Crippen LogP contribution in [0.15, 0.2) is 84.9 Å². The number of rotatable bonds is 5. The standard InChI is InChI=1S/C28H25NO3/c1-31-22-14-19(15-23(16-22)32-2)18-29-26-13-7-11-21-10-6-12-24(28(21)26)25(17-27(29)30)20-8-4-3-5-9-20/h3-16,25H,17-18H2,1-2H3. The monoisotopic (exact) mass is 423 g/mol. The third-order valence-corrected chi connectivity index (χ3v) is 6.21. The van der Waals surface area contributed by atoms with E-state index in [-0.39, 0.29) is 11.8 Å². The Morgan fingerprint density at radius 3 is 2.22 bits per heavy atom. The summed E-state index contributed by atoms with van der Waals surface area (Å²) in [7, 11) is 3.27. The number of carbonyl (C=O) groups is 1. The van der Waals surface area contributed by atoms with Gasteiger partial charge in [0.2, 0.25) is 5.91 Å². The molecule has 1 atom stereocenters. The largest absolute Gasteiger partial charge is 0.497 e. The number of anilines is 1. The molecule has 0 saturated carbocycles. The Morgan fingerprint density at radius 1 is 0.844 bits per heavy atom. The van der Waals surface area contributed by atoms with Gasteiger partial charge in [-0.1, -0.05) is 60.7 Å². The number of hydrogen-bond donors (Lipinski definition) is 0. The molecule has 1 amide bonds. The van der Waals surface area contributed by atoms with Gasteiger partial charge in [-0.15, -0.1) is 0 Å². The summed E-state index contributed by atoms with van der Waals surface area (Å²) in [5.74, 6) is 1.53. The van der Waals surface area contributed by atoms with Gasteiger partial charge in [0.05, 0.1) is 26.5 Å². The zero-order valence-corrected chi connectivity index (χ0v) is 18.2. The van der Waals surface area contributed by atoms with Crippen LogP contribution in [0.5, 0.6) is 11.5 Å². The third kappa shape index (κ3) is 3.58. The average Bonchev–Trinajstić information content (AvgIpc) is 2.96. The minimum Gasteiger partial charge on any atom is -0.497 e. The van der Waals surface area contributed by atoms with E-state index >= 15 is 0 Å². The molecule has 1 heterocycles. The van der Waals surface area contributed by atoms with Gasteiger partial charge in [-0.3, -0.25) is 4.79 Å². The second-order valence-electron chi connectivity index (χ2n) is 8.09. The Kier molecular flexibility index (Phi) is 5.28. The fraction of sp³-hybridized carbons (Fsp3) is 0.179. The minimum absolute atomic E-state index is 0.0124. The van der Waals surface area contributed by atoms with Gasteiger partial charge in [-0.2, -0.15) is 0 Å². The molecule has 0 aliphatic carbocycles. The van der Waals surface area contributed by atoms with Crippen molar-refractivity contribution < 1.29 is 14.3 Å². The first-order valence-electron chi connectivity index (χ1n) is 10.8. The van der Waals surface area contributed by atoms with E-state index in [9.17, 15) is 4.79 Å². The van der Waals surface area contributed by atoms with Gasteiger partial charge >= 0.3 is 0 Å². The van der Waals surface area contributed by atoms with Crippen LogP contribution in [-0.4, -0.2) is 20.1 Å². The molecule has 4 heteroatoms. The van der Waals surface area contributed by atoms with Gasteiger partial charge in [-0.05, 0) is 40.3 Å². The Hall–Kier alpha value is -3.79. The van der Waals surface area contributed by atoms with Crippen molar-refractivity contribution in [1.82, 2.24) is 0 Å². The molecule has 0 aromatic heterocycles. The van der Waals surface area contributed by atoms with Gasteiger partial charge < -0.3 is 14.4 Å². The molecule has 0 fully saturated rings. The highest BCUT2D eigenvalue weighted by Gasteiger charge is 2.30. The molecule has 5 rings (SSSR count). The number of benzene rings is 4. The first-order chi connectivity index (χ1) is 15.7. The Labute approximate surface area is 188 Å². The second kappa shape index (κ2) is 8.39. The smallest absolute Gasteiger partial charge is 0.228 e. The third-order valence-electron chi connectivity index (χ3n) is 6.21. The maximum Gasteiger partial charge on any atom is 0.228 e. The second-order valence-corrected chi connectivity index (χ2v) is 8.09. The molecule has 4 nitrogen and oxygen atoms in total.